The molecule has 22 heavy (non-hydrogen) atoms. The smallest absolute Gasteiger partial charge is 0.139 e. The Bertz CT molecular complexity index is 764. The Morgan fingerprint density at radius 3 is 2.59 bits per heavy atom. The molecule has 0 aliphatic heterocycles. The van der Waals surface area contributed by atoms with Crippen molar-refractivity contribution in [2.24, 2.45) is 0 Å². The maximum atomic E-state index is 13.1. The van der Waals surface area contributed by atoms with Crippen molar-refractivity contribution in [2.75, 3.05) is 0 Å². The first-order valence-corrected chi connectivity index (χ1v) is 7.56. The molecule has 3 nitrogen and oxygen atoms in total. The monoisotopic (exact) mass is 298 g/mol. The number of aromatic nitrogens is 2. The number of benzene rings is 2. The highest BCUT2D eigenvalue weighted by Gasteiger charge is 2.17. The quantitative estimate of drug-likeness (QED) is 0.771. The highest BCUT2D eigenvalue weighted by Crippen LogP contribution is 2.24. The summed E-state index contributed by atoms with van der Waals surface area (Å²) in [5.74, 6) is 0.429. The summed E-state index contributed by atoms with van der Waals surface area (Å²) < 4.78 is 15.1. The zero-order chi connectivity index (χ0) is 15.5. The average molecular weight is 298 g/mol. The first kappa shape index (κ1) is 14.7. The molecule has 1 N–H and O–H groups in total. The van der Waals surface area contributed by atoms with Crippen LogP contribution in [-0.2, 0) is 6.54 Å². The van der Waals surface area contributed by atoms with E-state index in [0.29, 0.717) is 18.8 Å². The molecule has 2 aromatic carbocycles. The van der Waals surface area contributed by atoms with Crippen molar-refractivity contribution in [1.29, 1.82) is 0 Å². The van der Waals surface area contributed by atoms with E-state index in [9.17, 15) is 9.50 Å². The van der Waals surface area contributed by atoms with E-state index in [-0.39, 0.29) is 5.82 Å². The SMILES string of the molecule is CCC[C@@H](O)c1nc2ccccc2n1Cc1ccc(F)cc1. The second-order valence-corrected chi connectivity index (χ2v) is 5.48. The van der Waals surface area contributed by atoms with E-state index in [4.69, 9.17) is 0 Å². The molecular weight excluding hydrogens is 279 g/mol. The van der Waals surface area contributed by atoms with Crippen LogP contribution in [0.15, 0.2) is 48.5 Å². The molecule has 0 fully saturated rings. The van der Waals surface area contributed by atoms with E-state index in [0.717, 1.165) is 23.0 Å². The van der Waals surface area contributed by atoms with Crippen molar-refractivity contribution in [1.82, 2.24) is 9.55 Å². The number of hydrogen-bond donors (Lipinski definition) is 1. The number of aliphatic hydroxyl groups is 1. The van der Waals surface area contributed by atoms with Crippen LogP contribution in [0.2, 0.25) is 0 Å². The van der Waals surface area contributed by atoms with Gasteiger partial charge >= 0.3 is 0 Å². The minimum absolute atomic E-state index is 0.245. The number of para-hydroxylation sites is 2. The van der Waals surface area contributed by atoms with Crippen LogP contribution in [0, 0.1) is 5.82 Å². The Morgan fingerprint density at radius 1 is 1.14 bits per heavy atom. The molecular formula is C18H19FN2O. The van der Waals surface area contributed by atoms with E-state index in [1.807, 2.05) is 35.8 Å². The molecule has 1 heterocycles. The van der Waals surface area contributed by atoms with Crippen LogP contribution < -0.4 is 0 Å². The van der Waals surface area contributed by atoms with E-state index in [1.165, 1.54) is 12.1 Å². The van der Waals surface area contributed by atoms with E-state index >= 15 is 0 Å². The summed E-state index contributed by atoms with van der Waals surface area (Å²) in [7, 11) is 0. The highest BCUT2D eigenvalue weighted by atomic mass is 19.1. The molecule has 0 unspecified atom stereocenters. The van der Waals surface area contributed by atoms with Gasteiger partial charge in [-0.1, -0.05) is 37.6 Å². The summed E-state index contributed by atoms with van der Waals surface area (Å²) in [6.07, 6.45) is 0.978. The maximum absolute atomic E-state index is 13.1. The third kappa shape index (κ3) is 2.88. The lowest BCUT2D eigenvalue weighted by Crippen LogP contribution is -2.10. The van der Waals surface area contributed by atoms with Gasteiger partial charge in [0.2, 0.25) is 0 Å². The molecule has 0 aliphatic carbocycles. The van der Waals surface area contributed by atoms with Gasteiger partial charge in [0.1, 0.15) is 17.7 Å². The number of fused-ring (bicyclic) bond motifs is 1. The van der Waals surface area contributed by atoms with Gasteiger partial charge in [-0.3, -0.25) is 0 Å². The maximum Gasteiger partial charge on any atom is 0.139 e. The lowest BCUT2D eigenvalue weighted by Gasteiger charge is -2.13. The fourth-order valence-electron chi connectivity index (χ4n) is 2.69. The van der Waals surface area contributed by atoms with Crippen LogP contribution in [0.4, 0.5) is 4.39 Å². The number of hydrogen-bond acceptors (Lipinski definition) is 2. The summed E-state index contributed by atoms with van der Waals surface area (Å²) in [5, 5.41) is 10.4. The van der Waals surface area contributed by atoms with Gasteiger partial charge in [0.05, 0.1) is 11.0 Å². The summed E-state index contributed by atoms with van der Waals surface area (Å²) in [5.41, 5.74) is 2.83. The molecule has 4 heteroatoms. The van der Waals surface area contributed by atoms with Crippen molar-refractivity contribution in [2.45, 2.75) is 32.4 Å². The fraction of sp³-hybridized carbons (Fsp3) is 0.278. The summed E-state index contributed by atoms with van der Waals surface area (Å²) in [4.78, 5) is 4.58. The molecule has 114 valence electrons. The normalized spacial score (nSPS) is 12.7. The molecule has 0 saturated carbocycles. The van der Waals surface area contributed by atoms with Gasteiger partial charge in [0, 0.05) is 6.54 Å². The van der Waals surface area contributed by atoms with Crippen LogP contribution in [0.25, 0.3) is 11.0 Å². The second kappa shape index (κ2) is 6.28. The molecule has 3 aromatic rings. The van der Waals surface area contributed by atoms with Crippen LogP contribution in [0.1, 0.15) is 37.3 Å². The van der Waals surface area contributed by atoms with E-state index < -0.39 is 6.10 Å². The summed E-state index contributed by atoms with van der Waals surface area (Å²) >= 11 is 0. The Labute approximate surface area is 129 Å². The number of imidazole rings is 1. The molecule has 1 aromatic heterocycles. The fourth-order valence-corrected chi connectivity index (χ4v) is 2.69. The van der Waals surface area contributed by atoms with Crippen molar-refractivity contribution < 1.29 is 9.50 Å². The highest BCUT2D eigenvalue weighted by molar-refractivity contribution is 5.76. The zero-order valence-electron chi connectivity index (χ0n) is 12.5. The Hall–Kier alpha value is -2.20. The third-order valence-corrected chi connectivity index (χ3v) is 3.80. The van der Waals surface area contributed by atoms with Crippen molar-refractivity contribution in [3.05, 3.63) is 65.7 Å². The van der Waals surface area contributed by atoms with Crippen LogP contribution in [0.3, 0.4) is 0 Å². The van der Waals surface area contributed by atoms with Crippen molar-refractivity contribution in [3.63, 3.8) is 0 Å². The minimum atomic E-state index is -0.585. The van der Waals surface area contributed by atoms with Crippen LogP contribution in [0.5, 0.6) is 0 Å². The van der Waals surface area contributed by atoms with Crippen molar-refractivity contribution >= 4 is 11.0 Å². The first-order chi connectivity index (χ1) is 10.7. The molecule has 0 amide bonds. The molecule has 0 saturated heterocycles. The third-order valence-electron chi connectivity index (χ3n) is 3.80. The lowest BCUT2D eigenvalue weighted by molar-refractivity contribution is 0.153. The standard InChI is InChI=1S/C18H19FN2O/c1-2-5-17(22)18-20-15-6-3-4-7-16(15)21(18)12-13-8-10-14(19)11-9-13/h3-4,6-11,17,22H,2,5,12H2,1H3/t17-/m1/s1. The Balaban J connectivity index is 2.05. The van der Waals surface area contributed by atoms with Gasteiger partial charge in [0.15, 0.2) is 0 Å². The van der Waals surface area contributed by atoms with Crippen LogP contribution in [-0.4, -0.2) is 14.7 Å². The molecule has 1 atom stereocenters. The van der Waals surface area contributed by atoms with Crippen LogP contribution >= 0.6 is 0 Å². The molecule has 0 radical (unpaired) electrons. The van der Waals surface area contributed by atoms with Gasteiger partial charge in [0.25, 0.3) is 0 Å². The predicted octanol–water partition coefficient (Wildman–Crippen LogP) is 4.06. The van der Waals surface area contributed by atoms with Gasteiger partial charge in [-0.2, -0.15) is 0 Å². The van der Waals surface area contributed by atoms with Crippen molar-refractivity contribution in [3.8, 4) is 0 Å². The van der Waals surface area contributed by atoms with Gasteiger partial charge in [-0.25, -0.2) is 9.37 Å². The molecule has 3 rings (SSSR count). The average Bonchev–Trinajstić information content (AvgIpc) is 2.89. The first-order valence-electron chi connectivity index (χ1n) is 7.56. The number of nitrogens with zero attached hydrogens (tertiary/aromatic N) is 2. The zero-order valence-corrected chi connectivity index (χ0v) is 12.5. The second-order valence-electron chi connectivity index (χ2n) is 5.48. The van der Waals surface area contributed by atoms with E-state index in [1.54, 1.807) is 12.1 Å². The van der Waals surface area contributed by atoms with Gasteiger partial charge in [-0.05, 0) is 36.2 Å². The molecule has 0 bridgehead atoms. The minimum Gasteiger partial charge on any atom is -0.385 e. The largest absolute Gasteiger partial charge is 0.385 e. The number of rotatable bonds is 5. The number of halogens is 1. The topological polar surface area (TPSA) is 38.1 Å². The van der Waals surface area contributed by atoms with E-state index in [2.05, 4.69) is 4.98 Å². The van der Waals surface area contributed by atoms with Gasteiger partial charge in [-0.15, -0.1) is 0 Å². The molecule has 0 spiro atoms. The molecule has 0 aliphatic rings. The Kier molecular flexibility index (Phi) is 4.20. The summed E-state index contributed by atoms with van der Waals surface area (Å²) in [6, 6.07) is 14.3. The van der Waals surface area contributed by atoms with Gasteiger partial charge < -0.3 is 9.67 Å². The number of aliphatic hydroxyl groups excluding tert-OH is 1. The summed E-state index contributed by atoms with van der Waals surface area (Å²) in [6.45, 7) is 2.60. The lowest BCUT2D eigenvalue weighted by atomic mass is 10.2. The Morgan fingerprint density at radius 2 is 1.86 bits per heavy atom. The predicted molar refractivity (Wildman–Crippen MR) is 85.1 cm³/mol.